The summed E-state index contributed by atoms with van der Waals surface area (Å²) in [5.74, 6) is 0.519. The first-order valence-corrected chi connectivity index (χ1v) is 6.81. The molecule has 0 aliphatic rings. The molecule has 0 saturated carbocycles. The van der Waals surface area contributed by atoms with E-state index >= 15 is 0 Å². The standard InChI is InChI=1S/C17H17N3O2/c1-12-3-8-16(22-2)15(9-12)19-11-17(21)20-14-6-4-13(10-18)5-7-14/h3-9,19H,11H2,1-2H3,(H,20,21). The van der Waals surface area contributed by atoms with Gasteiger partial charge < -0.3 is 15.4 Å². The summed E-state index contributed by atoms with van der Waals surface area (Å²) in [4.78, 5) is 11.9. The molecule has 112 valence electrons. The van der Waals surface area contributed by atoms with E-state index in [9.17, 15) is 4.79 Å². The van der Waals surface area contributed by atoms with Crippen molar-refractivity contribution in [2.75, 3.05) is 24.3 Å². The van der Waals surface area contributed by atoms with Crippen molar-refractivity contribution in [2.45, 2.75) is 6.92 Å². The predicted molar refractivity (Wildman–Crippen MR) is 86.0 cm³/mol. The van der Waals surface area contributed by atoms with Gasteiger partial charge in [0.1, 0.15) is 5.75 Å². The Hall–Kier alpha value is -3.00. The zero-order valence-electron chi connectivity index (χ0n) is 12.5. The Labute approximate surface area is 129 Å². The minimum absolute atomic E-state index is 0.125. The lowest BCUT2D eigenvalue weighted by molar-refractivity contribution is -0.114. The number of rotatable bonds is 5. The molecule has 0 unspecified atom stereocenters. The van der Waals surface area contributed by atoms with Crippen LogP contribution in [0, 0.1) is 18.3 Å². The number of nitriles is 1. The van der Waals surface area contributed by atoms with Crippen molar-refractivity contribution in [1.82, 2.24) is 0 Å². The van der Waals surface area contributed by atoms with Crippen LogP contribution in [-0.4, -0.2) is 19.6 Å². The molecule has 2 aromatic carbocycles. The molecule has 1 amide bonds. The fourth-order valence-electron chi connectivity index (χ4n) is 1.97. The van der Waals surface area contributed by atoms with E-state index in [-0.39, 0.29) is 12.5 Å². The molecule has 0 aromatic heterocycles. The highest BCUT2D eigenvalue weighted by Crippen LogP contribution is 2.24. The number of hydrogen-bond donors (Lipinski definition) is 2. The molecule has 5 heteroatoms. The maximum atomic E-state index is 11.9. The van der Waals surface area contributed by atoms with Crippen molar-refractivity contribution in [3.05, 3.63) is 53.6 Å². The third kappa shape index (κ3) is 4.00. The molecule has 22 heavy (non-hydrogen) atoms. The molecule has 0 bridgehead atoms. The lowest BCUT2D eigenvalue weighted by Crippen LogP contribution is -2.22. The van der Waals surface area contributed by atoms with Gasteiger partial charge in [-0.25, -0.2) is 0 Å². The van der Waals surface area contributed by atoms with Gasteiger partial charge in [-0.2, -0.15) is 5.26 Å². The zero-order valence-corrected chi connectivity index (χ0v) is 12.5. The van der Waals surface area contributed by atoms with E-state index in [1.165, 1.54) is 0 Å². The van der Waals surface area contributed by atoms with E-state index in [4.69, 9.17) is 10.00 Å². The number of ether oxygens (including phenoxy) is 1. The Kier molecular flexibility index (Phi) is 4.99. The molecule has 0 aliphatic carbocycles. The van der Waals surface area contributed by atoms with Crippen LogP contribution in [0.2, 0.25) is 0 Å². The van der Waals surface area contributed by atoms with Gasteiger partial charge in [0.15, 0.2) is 0 Å². The Morgan fingerprint density at radius 3 is 2.59 bits per heavy atom. The molecule has 0 fully saturated rings. The summed E-state index contributed by atoms with van der Waals surface area (Å²) in [7, 11) is 1.59. The Morgan fingerprint density at radius 1 is 1.23 bits per heavy atom. The topological polar surface area (TPSA) is 74.2 Å². The van der Waals surface area contributed by atoms with Crippen molar-refractivity contribution in [1.29, 1.82) is 5.26 Å². The normalized spacial score (nSPS) is 9.68. The smallest absolute Gasteiger partial charge is 0.243 e. The van der Waals surface area contributed by atoms with Gasteiger partial charge in [-0.05, 0) is 48.9 Å². The minimum atomic E-state index is -0.173. The van der Waals surface area contributed by atoms with E-state index in [0.717, 1.165) is 11.3 Å². The van der Waals surface area contributed by atoms with Crippen LogP contribution in [0.25, 0.3) is 0 Å². The van der Waals surface area contributed by atoms with Crippen LogP contribution < -0.4 is 15.4 Å². The number of methoxy groups -OCH3 is 1. The first-order valence-electron chi connectivity index (χ1n) is 6.81. The fraction of sp³-hybridized carbons (Fsp3) is 0.176. The number of carbonyl (C=O) groups is 1. The van der Waals surface area contributed by atoms with Crippen molar-refractivity contribution in [3.8, 4) is 11.8 Å². The minimum Gasteiger partial charge on any atom is -0.495 e. The average Bonchev–Trinajstić information content (AvgIpc) is 2.54. The van der Waals surface area contributed by atoms with Crippen molar-refractivity contribution in [2.24, 2.45) is 0 Å². The summed E-state index contributed by atoms with van der Waals surface area (Å²) in [5.41, 5.74) is 3.07. The third-order valence-electron chi connectivity index (χ3n) is 3.09. The van der Waals surface area contributed by atoms with Gasteiger partial charge in [0.2, 0.25) is 5.91 Å². The van der Waals surface area contributed by atoms with Crippen LogP contribution >= 0.6 is 0 Å². The predicted octanol–water partition coefficient (Wildman–Crippen LogP) is 2.93. The van der Waals surface area contributed by atoms with Crippen molar-refractivity contribution in [3.63, 3.8) is 0 Å². The van der Waals surface area contributed by atoms with E-state index in [1.54, 1.807) is 31.4 Å². The van der Waals surface area contributed by atoms with E-state index in [1.807, 2.05) is 31.2 Å². The average molecular weight is 295 g/mol. The molecule has 2 rings (SSSR count). The lowest BCUT2D eigenvalue weighted by Gasteiger charge is -2.12. The van der Waals surface area contributed by atoms with Gasteiger partial charge in [0, 0.05) is 5.69 Å². The van der Waals surface area contributed by atoms with Gasteiger partial charge in [-0.15, -0.1) is 0 Å². The van der Waals surface area contributed by atoms with Gasteiger partial charge in [0.05, 0.1) is 31.0 Å². The first kappa shape index (κ1) is 15.4. The Balaban J connectivity index is 1.95. The van der Waals surface area contributed by atoms with Gasteiger partial charge in [0.25, 0.3) is 0 Å². The second-order valence-corrected chi connectivity index (χ2v) is 4.79. The van der Waals surface area contributed by atoms with E-state index < -0.39 is 0 Å². The SMILES string of the molecule is COc1ccc(C)cc1NCC(=O)Nc1ccc(C#N)cc1. The number of benzene rings is 2. The second-order valence-electron chi connectivity index (χ2n) is 4.79. The number of nitrogens with one attached hydrogen (secondary N) is 2. The monoisotopic (exact) mass is 295 g/mol. The highest BCUT2D eigenvalue weighted by Gasteiger charge is 2.06. The number of aryl methyl sites for hydroxylation is 1. The maximum Gasteiger partial charge on any atom is 0.243 e. The van der Waals surface area contributed by atoms with Crippen LogP contribution in [0.15, 0.2) is 42.5 Å². The summed E-state index contributed by atoms with van der Waals surface area (Å²) >= 11 is 0. The molecular formula is C17H17N3O2. The van der Waals surface area contributed by atoms with E-state index in [2.05, 4.69) is 10.6 Å². The van der Waals surface area contributed by atoms with Crippen molar-refractivity contribution < 1.29 is 9.53 Å². The quantitative estimate of drug-likeness (QED) is 0.889. The zero-order chi connectivity index (χ0) is 15.9. The van der Waals surface area contributed by atoms with Crippen molar-refractivity contribution >= 4 is 17.3 Å². The fourth-order valence-corrected chi connectivity index (χ4v) is 1.97. The highest BCUT2D eigenvalue weighted by atomic mass is 16.5. The van der Waals surface area contributed by atoms with Gasteiger partial charge in [-0.3, -0.25) is 4.79 Å². The number of hydrogen-bond acceptors (Lipinski definition) is 4. The lowest BCUT2D eigenvalue weighted by atomic mass is 10.2. The summed E-state index contributed by atoms with van der Waals surface area (Å²) < 4.78 is 5.25. The first-order chi connectivity index (χ1) is 10.6. The molecule has 2 aromatic rings. The molecule has 0 spiro atoms. The van der Waals surface area contributed by atoms with Crippen LogP contribution in [0.4, 0.5) is 11.4 Å². The summed E-state index contributed by atoms with van der Waals surface area (Å²) in [5, 5.41) is 14.6. The molecule has 0 radical (unpaired) electrons. The third-order valence-corrected chi connectivity index (χ3v) is 3.09. The number of carbonyl (C=O) groups excluding carboxylic acids is 1. The summed E-state index contributed by atoms with van der Waals surface area (Å²) in [6, 6.07) is 14.5. The molecule has 2 N–H and O–H groups in total. The Morgan fingerprint density at radius 2 is 1.95 bits per heavy atom. The maximum absolute atomic E-state index is 11.9. The summed E-state index contributed by atoms with van der Waals surface area (Å²) in [6.07, 6.45) is 0. The number of nitrogens with zero attached hydrogens (tertiary/aromatic N) is 1. The second kappa shape index (κ2) is 7.14. The Bertz CT molecular complexity index is 703. The van der Waals surface area contributed by atoms with Crippen LogP contribution in [0.3, 0.4) is 0 Å². The van der Waals surface area contributed by atoms with Crippen LogP contribution in [0.5, 0.6) is 5.75 Å². The molecule has 0 heterocycles. The number of amides is 1. The molecule has 0 saturated heterocycles. The summed E-state index contributed by atoms with van der Waals surface area (Å²) in [6.45, 7) is 2.10. The molecule has 5 nitrogen and oxygen atoms in total. The van der Waals surface area contributed by atoms with Gasteiger partial charge in [-0.1, -0.05) is 6.07 Å². The molecule has 0 aliphatic heterocycles. The van der Waals surface area contributed by atoms with Crippen LogP contribution in [0.1, 0.15) is 11.1 Å². The van der Waals surface area contributed by atoms with Crippen LogP contribution in [-0.2, 0) is 4.79 Å². The number of anilines is 2. The molecular weight excluding hydrogens is 278 g/mol. The van der Waals surface area contributed by atoms with E-state index in [0.29, 0.717) is 17.0 Å². The highest BCUT2D eigenvalue weighted by molar-refractivity contribution is 5.94. The molecule has 0 atom stereocenters. The largest absolute Gasteiger partial charge is 0.495 e. The van der Waals surface area contributed by atoms with Gasteiger partial charge >= 0.3 is 0 Å².